The van der Waals surface area contributed by atoms with Crippen molar-refractivity contribution in [2.45, 2.75) is 20.0 Å². The topological polar surface area (TPSA) is 65.1 Å². The lowest BCUT2D eigenvalue weighted by atomic mass is 10.1. The van der Waals surface area contributed by atoms with E-state index >= 15 is 0 Å². The van der Waals surface area contributed by atoms with Crippen molar-refractivity contribution < 1.29 is 0 Å². The van der Waals surface area contributed by atoms with Crippen molar-refractivity contribution in [3.63, 3.8) is 0 Å². The zero-order chi connectivity index (χ0) is 23.1. The second-order valence-electron chi connectivity index (χ2n) is 8.46. The summed E-state index contributed by atoms with van der Waals surface area (Å²) in [6.45, 7) is 3.74. The van der Waals surface area contributed by atoms with Crippen LogP contribution in [0.5, 0.6) is 0 Å². The zero-order valence-electron chi connectivity index (χ0n) is 18.5. The van der Waals surface area contributed by atoms with Gasteiger partial charge in [-0.2, -0.15) is 4.98 Å². The number of imidazole rings is 1. The average molecular weight is 462 g/mol. The number of rotatable bonds is 4. The number of benzene rings is 2. The summed E-state index contributed by atoms with van der Waals surface area (Å²) in [6.07, 6.45) is 3.74. The van der Waals surface area contributed by atoms with Crippen molar-refractivity contribution in [1.82, 2.24) is 18.7 Å². The molecular formula is C25H24ClN5O2. The molecule has 0 amide bonds. The molecule has 1 aliphatic heterocycles. The molecule has 2 aromatic carbocycles. The van der Waals surface area contributed by atoms with Crippen molar-refractivity contribution in [3.8, 4) is 0 Å². The van der Waals surface area contributed by atoms with Gasteiger partial charge < -0.3 is 9.47 Å². The predicted molar refractivity (Wildman–Crippen MR) is 132 cm³/mol. The van der Waals surface area contributed by atoms with Crippen LogP contribution in [0.2, 0.25) is 5.02 Å². The molecule has 7 nitrogen and oxygen atoms in total. The van der Waals surface area contributed by atoms with Crippen molar-refractivity contribution in [1.29, 1.82) is 0 Å². The van der Waals surface area contributed by atoms with Crippen LogP contribution in [0.1, 0.15) is 12.5 Å². The fourth-order valence-electron chi connectivity index (χ4n) is 4.36. The molecule has 1 aliphatic rings. The number of aromatic nitrogens is 4. The minimum absolute atomic E-state index is 0.188. The molecule has 3 heterocycles. The van der Waals surface area contributed by atoms with Crippen LogP contribution >= 0.6 is 11.6 Å². The zero-order valence-corrected chi connectivity index (χ0v) is 19.2. The molecule has 0 fully saturated rings. The maximum absolute atomic E-state index is 13.5. The smallest absolute Gasteiger partial charge is 0.312 e. The van der Waals surface area contributed by atoms with Crippen LogP contribution in [0.4, 0.5) is 11.6 Å². The van der Waals surface area contributed by atoms with E-state index in [2.05, 4.69) is 11.8 Å². The second kappa shape index (κ2) is 8.41. The first-order valence-corrected chi connectivity index (χ1v) is 11.3. The van der Waals surface area contributed by atoms with Crippen LogP contribution in [-0.2, 0) is 20.1 Å². The Morgan fingerprint density at radius 2 is 1.79 bits per heavy atom. The number of anilines is 2. The highest BCUT2D eigenvalue weighted by atomic mass is 35.5. The minimum Gasteiger partial charge on any atom is -0.312 e. The molecular weight excluding hydrogens is 438 g/mol. The monoisotopic (exact) mass is 461 g/mol. The standard InChI is InChI=1S/C25H24ClN5O2/c1-17-15-30(20-12-10-19(26)11-13-20)24-27-22-21(31(24)16-17)23(32)29(25(33)28(22)2)14-6-9-18-7-4-3-5-8-18/h3-13,17H,14-16H2,1-2H3/b9-6+. The van der Waals surface area contributed by atoms with Crippen molar-refractivity contribution in [2.75, 3.05) is 11.4 Å². The van der Waals surface area contributed by atoms with Gasteiger partial charge in [0.15, 0.2) is 11.2 Å². The highest BCUT2D eigenvalue weighted by Crippen LogP contribution is 2.33. The molecule has 0 saturated carbocycles. The minimum atomic E-state index is -0.383. The lowest BCUT2D eigenvalue weighted by Gasteiger charge is -2.33. The first-order chi connectivity index (χ1) is 15.9. The average Bonchev–Trinajstić information content (AvgIpc) is 3.20. The van der Waals surface area contributed by atoms with E-state index in [1.807, 2.05) is 71.3 Å². The van der Waals surface area contributed by atoms with Crippen LogP contribution in [0, 0.1) is 5.92 Å². The molecule has 0 aliphatic carbocycles. The van der Waals surface area contributed by atoms with Gasteiger partial charge in [0.1, 0.15) is 0 Å². The number of aryl methyl sites for hydroxylation is 1. The summed E-state index contributed by atoms with van der Waals surface area (Å²) in [4.78, 5) is 33.3. The molecule has 33 heavy (non-hydrogen) atoms. The van der Waals surface area contributed by atoms with E-state index < -0.39 is 0 Å². The Hall–Kier alpha value is -3.58. The molecule has 0 spiro atoms. The lowest BCUT2D eigenvalue weighted by molar-refractivity contribution is 0.458. The maximum Gasteiger partial charge on any atom is 0.332 e. The summed E-state index contributed by atoms with van der Waals surface area (Å²) >= 11 is 6.07. The van der Waals surface area contributed by atoms with Crippen LogP contribution in [0.15, 0.2) is 70.3 Å². The fourth-order valence-corrected chi connectivity index (χ4v) is 4.49. The van der Waals surface area contributed by atoms with E-state index in [-0.39, 0.29) is 23.7 Å². The first kappa shape index (κ1) is 21.3. The van der Waals surface area contributed by atoms with E-state index in [9.17, 15) is 9.59 Å². The van der Waals surface area contributed by atoms with Gasteiger partial charge in [-0.05, 0) is 35.7 Å². The highest BCUT2D eigenvalue weighted by Gasteiger charge is 2.29. The normalized spacial score (nSPS) is 16.0. The number of hydrogen-bond donors (Lipinski definition) is 0. The largest absolute Gasteiger partial charge is 0.332 e. The number of hydrogen-bond acceptors (Lipinski definition) is 4. The molecule has 0 radical (unpaired) electrons. The molecule has 1 unspecified atom stereocenters. The van der Waals surface area contributed by atoms with Crippen molar-refractivity contribution >= 4 is 40.5 Å². The van der Waals surface area contributed by atoms with Crippen molar-refractivity contribution in [3.05, 3.63) is 92.1 Å². The van der Waals surface area contributed by atoms with Gasteiger partial charge in [-0.1, -0.05) is 61.0 Å². The van der Waals surface area contributed by atoms with Crippen molar-refractivity contribution in [2.24, 2.45) is 13.0 Å². The van der Waals surface area contributed by atoms with Gasteiger partial charge >= 0.3 is 5.69 Å². The molecule has 5 rings (SSSR count). The predicted octanol–water partition coefficient (Wildman–Crippen LogP) is 4.05. The molecule has 0 N–H and O–H groups in total. The maximum atomic E-state index is 13.5. The Morgan fingerprint density at radius 1 is 1.06 bits per heavy atom. The van der Waals surface area contributed by atoms with Gasteiger partial charge in [-0.25, -0.2) is 4.79 Å². The molecule has 4 aromatic rings. The van der Waals surface area contributed by atoms with E-state index in [1.54, 1.807) is 7.05 Å². The molecule has 2 aromatic heterocycles. The van der Waals surface area contributed by atoms with Gasteiger partial charge in [0, 0.05) is 37.4 Å². The molecule has 1 atom stereocenters. The van der Waals surface area contributed by atoms with Crippen LogP contribution in [0.25, 0.3) is 17.2 Å². The number of fused-ring (bicyclic) bond motifs is 3. The van der Waals surface area contributed by atoms with Gasteiger partial charge in [-0.15, -0.1) is 0 Å². The van der Waals surface area contributed by atoms with Crippen LogP contribution in [-0.4, -0.2) is 25.2 Å². The van der Waals surface area contributed by atoms with Gasteiger partial charge in [0.25, 0.3) is 5.56 Å². The van der Waals surface area contributed by atoms with Gasteiger partial charge in [0.05, 0.1) is 0 Å². The Morgan fingerprint density at radius 3 is 2.52 bits per heavy atom. The summed E-state index contributed by atoms with van der Waals surface area (Å²) in [5.41, 5.74) is 2.10. The van der Waals surface area contributed by atoms with Gasteiger partial charge in [-0.3, -0.25) is 13.9 Å². The molecule has 8 heteroatoms. The molecule has 0 saturated heterocycles. The van der Waals surface area contributed by atoms with Crippen LogP contribution < -0.4 is 16.1 Å². The summed E-state index contributed by atoms with van der Waals surface area (Å²) in [6, 6.07) is 17.3. The SMILES string of the molecule is CC1CN(c2ccc(Cl)cc2)c2nc3c(c(=O)n(C/C=C/c4ccccc4)c(=O)n3C)n2C1. The highest BCUT2D eigenvalue weighted by molar-refractivity contribution is 6.30. The third-order valence-corrected chi connectivity index (χ3v) is 6.23. The second-order valence-corrected chi connectivity index (χ2v) is 8.89. The Balaban J connectivity index is 1.63. The Kier molecular flexibility index (Phi) is 5.42. The quantitative estimate of drug-likeness (QED) is 0.460. The number of allylic oxidation sites excluding steroid dienone is 1. The summed E-state index contributed by atoms with van der Waals surface area (Å²) in [5, 5.41) is 0.658. The van der Waals surface area contributed by atoms with E-state index in [0.717, 1.165) is 17.8 Å². The molecule has 0 bridgehead atoms. The van der Waals surface area contributed by atoms with Crippen LogP contribution in [0.3, 0.4) is 0 Å². The van der Waals surface area contributed by atoms with Gasteiger partial charge in [0.2, 0.25) is 5.95 Å². The summed E-state index contributed by atoms with van der Waals surface area (Å²) < 4.78 is 4.67. The molecule has 168 valence electrons. The third-order valence-electron chi connectivity index (χ3n) is 5.98. The summed E-state index contributed by atoms with van der Waals surface area (Å²) in [7, 11) is 1.66. The number of nitrogens with zero attached hydrogens (tertiary/aromatic N) is 5. The van der Waals surface area contributed by atoms with E-state index in [4.69, 9.17) is 16.6 Å². The van der Waals surface area contributed by atoms with E-state index in [1.165, 1.54) is 9.13 Å². The summed E-state index contributed by atoms with van der Waals surface area (Å²) in [5.74, 6) is 0.948. The fraction of sp³-hybridized carbons (Fsp3) is 0.240. The first-order valence-electron chi connectivity index (χ1n) is 10.9. The number of halogens is 1. The lowest BCUT2D eigenvalue weighted by Crippen LogP contribution is -2.40. The third kappa shape index (κ3) is 3.78. The Bertz CT molecular complexity index is 1470. The Labute approximate surface area is 195 Å². The van der Waals surface area contributed by atoms with E-state index in [0.29, 0.717) is 28.7 Å².